The van der Waals surface area contributed by atoms with Gasteiger partial charge in [0.25, 0.3) is 0 Å². The maximum absolute atomic E-state index is 11.3. The minimum atomic E-state index is 0.0983. The third kappa shape index (κ3) is 3.36. The average molecular weight is 218 g/mol. The van der Waals surface area contributed by atoms with Crippen LogP contribution < -0.4 is 0 Å². The van der Waals surface area contributed by atoms with E-state index in [9.17, 15) is 4.79 Å². The molecule has 0 fully saturated rings. The summed E-state index contributed by atoms with van der Waals surface area (Å²) < 4.78 is 0. The van der Waals surface area contributed by atoms with Crippen molar-refractivity contribution in [2.75, 3.05) is 12.9 Å². The van der Waals surface area contributed by atoms with Gasteiger partial charge in [0.1, 0.15) is 0 Å². The highest BCUT2D eigenvalue weighted by Gasteiger charge is 2.07. The molecular weight excluding hydrogens is 206 g/mol. The highest BCUT2D eigenvalue weighted by Crippen LogP contribution is 2.09. The normalized spacial score (nSPS) is 10.0. The molecule has 13 heavy (non-hydrogen) atoms. The van der Waals surface area contributed by atoms with Crippen LogP contribution in [0, 0.1) is 0 Å². The van der Waals surface area contributed by atoms with E-state index in [0.29, 0.717) is 18.8 Å². The number of amides is 1. The Kier molecular flexibility index (Phi) is 4.25. The van der Waals surface area contributed by atoms with Crippen molar-refractivity contribution < 1.29 is 4.79 Å². The van der Waals surface area contributed by atoms with E-state index in [-0.39, 0.29) is 5.91 Å². The van der Waals surface area contributed by atoms with Gasteiger partial charge in [-0.1, -0.05) is 0 Å². The number of thiophene rings is 1. The van der Waals surface area contributed by atoms with E-state index in [1.165, 1.54) is 5.56 Å². The Balaban J connectivity index is 2.41. The van der Waals surface area contributed by atoms with Gasteiger partial charge in [-0.25, -0.2) is 0 Å². The van der Waals surface area contributed by atoms with Crippen molar-refractivity contribution in [3.63, 3.8) is 0 Å². The van der Waals surface area contributed by atoms with Crippen LogP contribution in [0.3, 0.4) is 0 Å². The first-order chi connectivity index (χ1) is 6.24. The molecule has 1 aromatic heterocycles. The van der Waals surface area contributed by atoms with Gasteiger partial charge in [0.15, 0.2) is 0 Å². The highest BCUT2D eigenvalue weighted by atomic mass is 35.5. The van der Waals surface area contributed by atoms with Crippen LogP contribution in [0.5, 0.6) is 0 Å². The molecule has 0 saturated heterocycles. The Morgan fingerprint density at radius 2 is 2.46 bits per heavy atom. The van der Waals surface area contributed by atoms with Crippen LogP contribution >= 0.6 is 22.9 Å². The second-order valence-corrected chi connectivity index (χ2v) is 3.98. The Morgan fingerprint density at radius 3 is 3.00 bits per heavy atom. The monoisotopic (exact) mass is 217 g/mol. The lowest BCUT2D eigenvalue weighted by atomic mass is 10.3. The summed E-state index contributed by atoms with van der Waals surface area (Å²) in [6.45, 7) is 0.680. The van der Waals surface area contributed by atoms with Crippen molar-refractivity contribution >= 4 is 28.8 Å². The first kappa shape index (κ1) is 10.5. The molecule has 0 spiro atoms. The van der Waals surface area contributed by atoms with Crippen molar-refractivity contribution in [2.45, 2.75) is 13.0 Å². The smallest absolute Gasteiger partial charge is 0.223 e. The molecule has 1 aromatic rings. The Bertz CT molecular complexity index is 261. The van der Waals surface area contributed by atoms with Gasteiger partial charge in [-0.05, 0) is 22.4 Å². The number of carbonyl (C=O) groups excluding carboxylic acids is 1. The summed E-state index contributed by atoms with van der Waals surface area (Å²) in [5.41, 5.74) is 1.18. The molecule has 0 aliphatic carbocycles. The number of alkyl halides is 1. The molecule has 0 aliphatic rings. The zero-order valence-electron chi connectivity index (χ0n) is 7.50. The molecule has 4 heteroatoms. The molecule has 72 valence electrons. The molecule has 0 aromatic carbocycles. The summed E-state index contributed by atoms with van der Waals surface area (Å²) in [5.74, 6) is 0.494. The number of halogens is 1. The Labute approximate surface area is 87.1 Å². The van der Waals surface area contributed by atoms with Crippen LogP contribution in [-0.4, -0.2) is 23.7 Å². The van der Waals surface area contributed by atoms with Crippen LogP contribution in [0.1, 0.15) is 12.0 Å². The predicted molar refractivity (Wildman–Crippen MR) is 56.1 cm³/mol. The van der Waals surface area contributed by atoms with Crippen molar-refractivity contribution in [3.8, 4) is 0 Å². The molecule has 0 radical (unpaired) electrons. The van der Waals surface area contributed by atoms with Crippen molar-refractivity contribution in [1.29, 1.82) is 0 Å². The van der Waals surface area contributed by atoms with Crippen LogP contribution in [0.2, 0.25) is 0 Å². The minimum Gasteiger partial charge on any atom is -0.341 e. The summed E-state index contributed by atoms with van der Waals surface area (Å²) in [5, 5.41) is 4.06. The zero-order chi connectivity index (χ0) is 9.68. The van der Waals surface area contributed by atoms with Crippen LogP contribution in [0.4, 0.5) is 0 Å². The van der Waals surface area contributed by atoms with Gasteiger partial charge in [0.2, 0.25) is 5.91 Å². The fourth-order valence-electron chi connectivity index (χ4n) is 1.02. The summed E-state index contributed by atoms with van der Waals surface area (Å²) in [6.07, 6.45) is 0.419. The number of hydrogen-bond acceptors (Lipinski definition) is 2. The fraction of sp³-hybridized carbons (Fsp3) is 0.444. The Hall–Kier alpha value is -0.540. The molecule has 0 unspecified atom stereocenters. The number of nitrogens with zero attached hydrogens (tertiary/aromatic N) is 1. The SMILES string of the molecule is CN(Cc1ccsc1)C(=O)CCCl. The fourth-order valence-corrected chi connectivity index (χ4v) is 1.84. The molecule has 0 saturated carbocycles. The van der Waals surface area contributed by atoms with Gasteiger partial charge >= 0.3 is 0 Å². The summed E-state index contributed by atoms with van der Waals surface area (Å²) in [7, 11) is 1.80. The third-order valence-corrected chi connectivity index (χ3v) is 2.65. The molecule has 2 nitrogen and oxygen atoms in total. The van der Waals surface area contributed by atoms with E-state index < -0.39 is 0 Å². The van der Waals surface area contributed by atoms with E-state index >= 15 is 0 Å². The first-order valence-corrected chi connectivity index (χ1v) is 5.52. The lowest BCUT2D eigenvalue weighted by Gasteiger charge is -2.15. The standard InChI is InChI=1S/C9H12ClNOS/c1-11(9(12)2-4-10)6-8-3-5-13-7-8/h3,5,7H,2,4,6H2,1H3. The van der Waals surface area contributed by atoms with Crippen molar-refractivity contribution in [3.05, 3.63) is 22.4 Å². The Morgan fingerprint density at radius 1 is 1.69 bits per heavy atom. The minimum absolute atomic E-state index is 0.0983. The predicted octanol–water partition coefficient (Wildman–Crippen LogP) is 2.34. The highest BCUT2D eigenvalue weighted by molar-refractivity contribution is 7.07. The van der Waals surface area contributed by atoms with Gasteiger partial charge < -0.3 is 4.90 Å². The molecule has 0 bridgehead atoms. The first-order valence-electron chi connectivity index (χ1n) is 4.05. The summed E-state index contributed by atoms with van der Waals surface area (Å²) >= 11 is 7.12. The maximum atomic E-state index is 11.3. The second-order valence-electron chi connectivity index (χ2n) is 2.82. The summed E-state index contributed by atoms with van der Waals surface area (Å²) in [4.78, 5) is 13.0. The van der Waals surface area contributed by atoms with E-state index in [1.54, 1.807) is 23.3 Å². The van der Waals surface area contributed by atoms with Crippen LogP contribution in [-0.2, 0) is 11.3 Å². The second kappa shape index (κ2) is 5.25. The van der Waals surface area contributed by atoms with Crippen LogP contribution in [0.25, 0.3) is 0 Å². The van der Waals surface area contributed by atoms with E-state index in [2.05, 4.69) is 0 Å². The van der Waals surface area contributed by atoms with Crippen molar-refractivity contribution in [2.24, 2.45) is 0 Å². The van der Waals surface area contributed by atoms with Crippen molar-refractivity contribution in [1.82, 2.24) is 4.90 Å². The van der Waals surface area contributed by atoms with Gasteiger partial charge in [-0.15, -0.1) is 11.6 Å². The largest absolute Gasteiger partial charge is 0.341 e. The molecular formula is C9H12ClNOS. The number of carbonyl (C=O) groups is 1. The lowest BCUT2D eigenvalue weighted by Crippen LogP contribution is -2.25. The van der Waals surface area contributed by atoms with E-state index in [0.717, 1.165) is 0 Å². The third-order valence-electron chi connectivity index (χ3n) is 1.73. The van der Waals surface area contributed by atoms with Crippen LogP contribution in [0.15, 0.2) is 16.8 Å². The molecule has 1 amide bonds. The van der Waals surface area contributed by atoms with Gasteiger partial charge in [-0.3, -0.25) is 4.79 Å². The molecule has 0 N–H and O–H groups in total. The quantitative estimate of drug-likeness (QED) is 0.709. The maximum Gasteiger partial charge on any atom is 0.223 e. The van der Waals surface area contributed by atoms with E-state index in [4.69, 9.17) is 11.6 Å². The summed E-state index contributed by atoms with van der Waals surface area (Å²) in [6, 6.07) is 2.02. The zero-order valence-corrected chi connectivity index (χ0v) is 9.07. The van der Waals surface area contributed by atoms with E-state index in [1.807, 2.05) is 16.8 Å². The number of rotatable bonds is 4. The molecule has 1 heterocycles. The average Bonchev–Trinajstić information content (AvgIpc) is 2.57. The lowest BCUT2D eigenvalue weighted by molar-refractivity contribution is -0.129. The molecule has 1 rings (SSSR count). The topological polar surface area (TPSA) is 20.3 Å². The number of hydrogen-bond donors (Lipinski definition) is 0. The van der Waals surface area contributed by atoms with Gasteiger partial charge in [-0.2, -0.15) is 11.3 Å². The van der Waals surface area contributed by atoms with Gasteiger partial charge in [0.05, 0.1) is 0 Å². The molecule has 0 atom stereocenters. The molecule has 0 aliphatic heterocycles. The van der Waals surface area contributed by atoms with Gasteiger partial charge in [0, 0.05) is 25.9 Å².